The van der Waals surface area contributed by atoms with E-state index in [1.165, 1.54) is 0 Å². The molecule has 4 heteroatoms. The van der Waals surface area contributed by atoms with Gasteiger partial charge in [-0.2, -0.15) is 0 Å². The lowest BCUT2D eigenvalue weighted by atomic mass is 9.87. The number of ether oxygens (including phenoxy) is 2. The molecule has 0 amide bonds. The van der Waals surface area contributed by atoms with Crippen LogP contribution >= 0.6 is 0 Å². The van der Waals surface area contributed by atoms with Crippen molar-refractivity contribution in [1.82, 2.24) is 0 Å². The molecule has 1 aliphatic rings. The topological polar surface area (TPSA) is 47.9 Å². The predicted octanol–water partition coefficient (Wildman–Crippen LogP) is 2.41. The number of carbonyl (C=O) groups excluding carboxylic acids is 1. The smallest absolute Gasteiger partial charge is 0.338 e. The van der Waals surface area contributed by atoms with Crippen molar-refractivity contribution in [3.05, 3.63) is 29.8 Å². The largest absolute Gasteiger partial charge is 0.497 e. The molecule has 0 N–H and O–H groups in total. The summed E-state index contributed by atoms with van der Waals surface area (Å²) in [4.78, 5) is 16.1. The van der Waals surface area contributed by atoms with Gasteiger partial charge in [0.05, 0.1) is 7.11 Å². The van der Waals surface area contributed by atoms with Gasteiger partial charge in [-0.3, -0.25) is 0 Å². The summed E-state index contributed by atoms with van der Waals surface area (Å²) >= 11 is 0. The van der Waals surface area contributed by atoms with Crippen LogP contribution in [0.3, 0.4) is 0 Å². The monoisotopic (exact) mass is 247 g/mol. The zero-order valence-electron chi connectivity index (χ0n) is 11.1. The Morgan fingerprint density at radius 3 is 2.28 bits per heavy atom. The van der Waals surface area contributed by atoms with E-state index in [0.717, 1.165) is 11.3 Å². The average Bonchev–Trinajstić information content (AvgIpc) is 2.71. The van der Waals surface area contributed by atoms with E-state index < -0.39 is 6.04 Å². The second-order valence-electron chi connectivity index (χ2n) is 5.35. The Morgan fingerprint density at radius 2 is 1.83 bits per heavy atom. The number of methoxy groups -OCH3 is 1. The summed E-state index contributed by atoms with van der Waals surface area (Å²) in [6.07, 6.45) is 0. The van der Waals surface area contributed by atoms with Crippen LogP contribution in [0.5, 0.6) is 5.75 Å². The van der Waals surface area contributed by atoms with Gasteiger partial charge in [-0.05, 0) is 29.7 Å². The number of carbonyl (C=O) groups is 1. The van der Waals surface area contributed by atoms with Crippen molar-refractivity contribution < 1.29 is 14.3 Å². The van der Waals surface area contributed by atoms with Crippen LogP contribution in [-0.2, 0) is 9.53 Å². The molecule has 18 heavy (non-hydrogen) atoms. The van der Waals surface area contributed by atoms with Gasteiger partial charge in [-0.25, -0.2) is 9.79 Å². The zero-order chi connectivity index (χ0) is 13.3. The molecule has 1 heterocycles. The van der Waals surface area contributed by atoms with Crippen molar-refractivity contribution in [3.63, 3.8) is 0 Å². The SMILES string of the molecule is COc1ccc(C2=NC(C(C)(C)C)C(=O)O2)cc1. The Kier molecular flexibility index (Phi) is 3.11. The number of aliphatic imine (C=N–C) groups is 1. The van der Waals surface area contributed by atoms with E-state index in [0.29, 0.717) is 5.90 Å². The molecule has 4 nitrogen and oxygen atoms in total. The first-order valence-corrected chi connectivity index (χ1v) is 5.86. The van der Waals surface area contributed by atoms with Crippen LogP contribution in [0.25, 0.3) is 0 Å². The Labute approximate surface area is 107 Å². The van der Waals surface area contributed by atoms with Crippen molar-refractivity contribution in [2.45, 2.75) is 26.8 Å². The van der Waals surface area contributed by atoms with Gasteiger partial charge in [0.1, 0.15) is 5.75 Å². The van der Waals surface area contributed by atoms with Crippen molar-refractivity contribution in [1.29, 1.82) is 0 Å². The standard InChI is InChI=1S/C14H17NO3/c1-14(2,3)11-13(16)18-12(15-11)9-5-7-10(17-4)8-6-9/h5-8,11H,1-4H3. The molecule has 0 saturated heterocycles. The molecule has 0 aromatic heterocycles. The average molecular weight is 247 g/mol. The highest BCUT2D eigenvalue weighted by Gasteiger charge is 2.38. The third-order valence-electron chi connectivity index (χ3n) is 2.82. The minimum Gasteiger partial charge on any atom is -0.497 e. The normalized spacial score (nSPS) is 19.4. The number of hydrogen-bond acceptors (Lipinski definition) is 4. The third-order valence-corrected chi connectivity index (χ3v) is 2.82. The fourth-order valence-electron chi connectivity index (χ4n) is 1.76. The highest BCUT2D eigenvalue weighted by molar-refractivity contribution is 6.06. The van der Waals surface area contributed by atoms with Gasteiger partial charge >= 0.3 is 5.97 Å². The Morgan fingerprint density at radius 1 is 1.22 bits per heavy atom. The maximum Gasteiger partial charge on any atom is 0.338 e. The predicted molar refractivity (Wildman–Crippen MR) is 68.9 cm³/mol. The van der Waals surface area contributed by atoms with E-state index in [1.54, 1.807) is 7.11 Å². The molecular formula is C14H17NO3. The highest BCUT2D eigenvalue weighted by Crippen LogP contribution is 2.28. The van der Waals surface area contributed by atoms with Gasteiger partial charge in [0.15, 0.2) is 6.04 Å². The molecule has 0 radical (unpaired) electrons. The molecule has 2 rings (SSSR count). The van der Waals surface area contributed by atoms with E-state index >= 15 is 0 Å². The van der Waals surface area contributed by atoms with Crippen LogP contribution in [0.15, 0.2) is 29.3 Å². The molecule has 1 aromatic carbocycles. The van der Waals surface area contributed by atoms with Gasteiger partial charge in [0, 0.05) is 5.56 Å². The number of esters is 1. The summed E-state index contributed by atoms with van der Waals surface area (Å²) in [6.45, 7) is 5.91. The summed E-state index contributed by atoms with van der Waals surface area (Å²) in [5, 5.41) is 0. The molecule has 1 aromatic rings. The quantitative estimate of drug-likeness (QED) is 0.754. The van der Waals surface area contributed by atoms with Gasteiger partial charge in [-0.15, -0.1) is 0 Å². The lowest BCUT2D eigenvalue weighted by molar-refractivity contribution is -0.137. The fraction of sp³-hybridized carbons (Fsp3) is 0.429. The van der Waals surface area contributed by atoms with E-state index in [4.69, 9.17) is 9.47 Å². The molecule has 1 unspecified atom stereocenters. The van der Waals surface area contributed by atoms with Crippen molar-refractivity contribution in [3.8, 4) is 5.75 Å². The second kappa shape index (κ2) is 4.44. The van der Waals surface area contributed by atoms with E-state index in [9.17, 15) is 4.79 Å². The minimum atomic E-state index is -0.436. The first-order valence-electron chi connectivity index (χ1n) is 5.86. The molecule has 96 valence electrons. The number of benzene rings is 1. The van der Waals surface area contributed by atoms with Gasteiger partial charge < -0.3 is 9.47 Å². The molecule has 1 atom stereocenters. The van der Waals surface area contributed by atoms with Crippen molar-refractivity contribution in [2.24, 2.45) is 10.4 Å². The van der Waals surface area contributed by atoms with Gasteiger partial charge in [-0.1, -0.05) is 20.8 Å². The highest BCUT2D eigenvalue weighted by atomic mass is 16.6. The van der Waals surface area contributed by atoms with Gasteiger partial charge in [0.2, 0.25) is 5.90 Å². The summed E-state index contributed by atoms with van der Waals surface area (Å²) in [5.74, 6) is 0.868. The zero-order valence-corrected chi connectivity index (χ0v) is 11.1. The lowest BCUT2D eigenvalue weighted by Crippen LogP contribution is -2.30. The fourth-order valence-corrected chi connectivity index (χ4v) is 1.76. The summed E-state index contributed by atoms with van der Waals surface area (Å²) in [5.41, 5.74) is 0.557. The lowest BCUT2D eigenvalue weighted by Gasteiger charge is -2.20. The maximum atomic E-state index is 11.8. The maximum absolute atomic E-state index is 11.8. The molecule has 1 aliphatic heterocycles. The van der Waals surface area contributed by atoms with Crippen LogP contribution in [0.4, 0.5) is 0 Å². The molecule has 0 saturated carbocycles. The van der Waals surface area contributed by atoms with E-state index in [2.05, 4.69) is 4.99 Å². The number of rotatable bonds is 2. The first kappa shape index (κ1) is 12.6. The van der Waals surface area contributed by atoms with Crippen molar-refractivity contribution in [2.75, 3.05) is 7.11 Å². The third kappa shape index (κ3) is 2.37. The first-order chi connectivity index (χ1) is 8.41. The number of cyclic esters (lactones) is 1. The number of nitrogens with zero attached hydrogens (tertiary/aromatic N) is 1. The van der Waals surface area contributed by atoms with Crippen LogP contribution in [0.2, 0.25) is 0 Å². The van der Waals surface area contributed by atoms with Crippen LogP contribution in [-0.4, -0.2) is 25.0 Å². The second-order valence-corrected chi connectivity index (χ2v) is 5.35. The molecule has 0 spiro atoms. The van der Waals surface area contributed by atoms with Crippen molar-refractivity contribution >= 4 is 11.9 Å². The summed E-state index contributed by atoms with van der Waals surface area (Å²) in [7, 11) is 1.61. The number of hydrogen-bond donors (Lipinski definition) is 0. The Balaban J connectivity index is 2.26. The molecule has 0 bridgehead atoms. The van der Waals surface area contributed by atoms with Crippen LogP contribution in [0.1, 0.15) is 26.3 Å². The van der Waals surface area contributed by atoms with Gasteiger partial charge in [0.25, 0.3) is 0 Å². The van der Waals surface area contributed by atoms with Crippen LogP contribution < -0.4 is 4.74 Å². The molecule has 0 fully saturated rings. The van der Waals surface area contributed by atoms with E-state index in [-0.39, 0.29) is 11.4 Å². The summed E-state index contributed by atoms with van der Waals surface area (Å²) in [6, 6.07) is 6.85. The minimum absolute atomic E-state index is 0.231. The van der Waals surface area contributed by atoms with E-state index in [1.807, 2.05) is 45.0 Å². The molecular weight excluding hydrogens is 230 g/mol. The Hall–Kier alpha value is -1.84. The van der Waals surface area contributed by atoms with Crippen LogP contribution in [0, 0.1) is 5.41 Å². The summed E-state index contributed by atoms with van der Waals surface area (Å²) < 4.78 is 10.3. The molecule has 0 aliphatic carbocycles. The Bertz CT molecular complexity index is 483.